The monoisotopic (exact) mass is 605 g/mol. The summed E-state index contributed by atoms with van der Waals surface area (Å²) in [5.74, 6) is -2.84. The van der Waals surface area contributed by atoms with Crippen molar-refractivity contribution in [3.8, 4) is 5.75 Å². The minimum absolute atomic E-state index is 0.0725. The zero-order valence-electron chi connectivity index (χ0n) is 26.4. The lowest BCUT2D eigenvalue weighted by Gasteiger charge is -2.28. The Morgan fingerprint density at radius 2 is 1.42 bits per heavy atom. The Labute approximate surface area is 254 Å². The summed E-state index contributed by atoms with van der Waals surface area (Å²) in [5, 5.41) is 37.5. The molecule has 43 heavy (non-hydrogen) atoms. The van der Waals surface area contributed by atoms with Crippen LogP contribution in [0.25, 0.3) is 0 Å². The molecule has 0 aromatic heterocycles. The molecule has 13 heteroatoms. The second-order valence-electron chi connectivity index (χ2n) is 12.7. The fourth-order valence-electron chi connectivity index (χ4n) is 4.45. The van der Waals surface area contributed by atoms with Crippen LogP contribution in [0.5, 0.6) is 5.75 Å². The standard InChI is InChI=1S/C30H51N7O6/c1-29(2,3)19-15-18(16-20(25(19)41)30(4,5)6)11-12-23(38)36-22(10-8-14-34-28(32)33)27(43)37-21(9-7-13-31)26(42)35-17-24(39)40/h15-16,21-22,41H,7-14,17,31H2,1-6H3,(H,35,42)(H,36,38)(H,37,43)(H,39,40)(H4,32,33,34)/t21-,22-/m0/s1. The highest BCUT2D eigenvalue weighted by molar-refractivity contribution is 5.92. The molecule has 0 aliphatic heterocycles. The predicted molar refractivity (Wildman–Crippen MR) is 166 cm³/mol. The molecule has 1 rings (SSSR count). The van der Waals surface area contributed by atoms with E-state index in [9.17, 15) is 24.3 Å². The molecular formula is C30H51N7O6. The highest BCUT2D eigenvalue weighted by Crippen LogP contribution is 2.40. The Morgan fingerprint density at radius 3 is 1.91 bits per heavy atom. The van der Waals surface area contributed by atoms with Crippen molar-refractivity contribution in [2.24, 2.45) is 11.5 Å². The lowest BCUT2D eigenvalue weighted by Crippen LogP contribution is -2.54. The minimum Gasteiger partial charge on any atom is -0.507 e. The number of rotatable bonds is 16. The Morgan fingerprint density at radius 1 is 0.884 bits per heavy atom. The SMILES string of the molecule is CC(C)(C)c1cc(CCC(=O)N[C@@H](CCCNC(=N)N)C(=O)N[C@@H](CCCN)C(=O)NCC(=O)O)cc(C(C)(C)C)c1O. The molecule has 0 spiro atoms. The predicted octanol–water partition coefficient (Wildman–Crippen LogP) is 1.09. The number of phenols is 1. The molecule has 3 amide bonds. The average molecular weight is 606 g/mol. The van der Waals surface area contributed by atoms with Gasteiger partial charge in [-0.2, -0.15) is 0 Å². The van der Waals surface area contributed by atoms with Crippen LogP contribution in [0, 0.1) is 5.41 Å². The molecule has 0 bridgehead atoms. The molecule has 0 aliphatic rings. The Kier molecular flexibility index (Phi) is 14.4. The van der Waals surface area contributed by atoms with Gasteiger partial charge in [0.05, 0.1) is 0 Å². The van der Waals surface area contributed by atoms with Gasteiger partial charge in [-0.05, 0) is 66.2 Å². The number of carboxylic acids is 1. The molecule has 13 nitrogen and oxygen atoms in total. The number of carbonyl (C=O) groups is 4. The van der Waals surface area contributed by atoms with Crippen LogP contribution >= 0.6 is 0 Å². The summed E-state index contributed by atoms with van der Waals surface area (Å²) in [6.45, 7) is 12.0. The van der Waals surface area contributed by atoms with Crippen molar-refractivity contribution >= 4 is 29.7 Å². The summed E-state index contributed by atoms with van der Waals surface area (Å²) in [6, 6.07) is 1.79. The topological polar surface area (TPSA) is 233 Å². The Balaban J connectivity index is 3.11. The summed E-state index contributed by atoms with van der Waals surface area (Å²) in [6.07, 6.45) is 1.62. The van der Waals surface area contributed by atoms with Crippen LogP contribution in [0.15, 0.2) is 12.1 Å². The van der Waals surface area contributed by atoms with Crippen LogP contribution in [-0.4, -0.2) is 71.6 Å². The summed E-state index contributed by atoms with van der Waals surface area (Å²) in [7, 11) is 0. The van der Waals surface area contributed by atoms with E-state index in [2.05, 4.69) is 21.3 Å². The summed E-state index contributed by atoms with van der Waals surface area (Å²) < 4.78 is 0. The summed E-state index contributed by atoms with van der Waals surface area (Å²) in [5.41, 5.74) is 12.7. The average Bonchev–Trinajstić information content (AvgIpc) is 2.88. The van der Waals surface area contributed by atoms with E-state index < -0.39 is 36.4 Å². The van der Waals surface area contributed by atoms with Gasteiger partial charge in [-0.3, -0.25) is 24.6 Å². The van der Waals surface area contributed by atoms with Gasteiger partial charge in [0.15, 0.2) is 5.96 Å². The number of nitrogens with two attached hydrogens (primary N) is 2. The number of phenolic OH excluding ortho intramolecular Hbond substituents is 1. The van der Waals surface area contributed by atoms with E-state index in [-0.39, 0.29) is 54.3 Å². The third-order valence-corrected chi connectivity index (χ3v) is 6.81. The van der Waals surface area contributed by atoms with Crippen molar-refractivity contribution in [1.82, 2.24) is 21.3 Å². The third kappa shape index (κ3) is 13.3. The normalized spacial score (nSPS) is 13.0. The number of amides is 3. The molecule has 0 radical (unpaired) electrons. The second-order valence-corrected chi connectivity index (χ2v) is 12.7. The molecule has 242 valence electrons. The van der Waals surface area contributed by atoms with Crippen molar-refractivity contribution < 1.29 is 29.4 Å². The molecule has 2 atom stereocenters. The first kappa shape index (κ1) is 37.2. The van der Waals surface area contributed by atoms with E-state index in [1.54, 1.807) is 0 Å². The van der Waals surface area contributed by atoms with Crippen LogP contribution in [0.3, 0.4) is 0 Å². The first-order chi connectivity index (χ1) is 19.9. The van der Waals surface area contributed by atoms with Gasteiger partial charge in [0.1, 0.15) is 24.4 Å². The number of benzene rings is 1. The minimum atomic E-state index is -1.22. The first-order valence-corrected chi connectivity index (χ1v) is 14.6. The molecule has 11 N–H and O–H groups in total. The van der Waals surface area contributed by atoms with Gasteiger partial charge in [-0.15, -0.1) is 0 Å². The van der Waals surface area contributed by atoms with Crippen molar-refractivity contribution in [2.75, 3.05) is 19.6 Å². The summed E-state index contributed by atoms with van der Waals surface area (Å²) in [4.78, 5) is 49.8. The van der Waals surface area contributed by atoms with E-state index >= 15 is 0 Å². The lowest BCUT2D eigenvalue weighted by molar-refractivity contribution is -0.138. The van der Waals surface area contributed by atoms with E-state index in [1.807, 2.05) is 53.7 Å². The number of carboxylic acid groups (broad SMARTS) is 1. The summed E-state index contributed by atoms with van der Waals surface area (Å²) >= 11 is 0. The van der Waals surface area contributed by atoms with Gasteiger partial charge in [-0.25, -0.2) is 0 Å². The molecule has 0 heterocycles. The second kappa shape index (κ2) is 16.7. The molecule has 1 aromatic carbocycles. The van der Waals surface area contributed by atoms with Crippen LogP contribution < -0.4 is 32.7 Å². The van der Waals surface area contributed by atoms with E-state index in [4.69, 9.17) is 22.0 Å². The van der Waals surface area contributed by atoms with Gasteiger partial charge >= 0.3 is 5.97 Å². The van der Waals surface area contributed by atoms with Gasteiger partial charge in [0, 0.05) is 13.0 Å². The maximum absolute atomic E-state index is 13.3. The molecule has 0 aliphatic carbocycles. The fourth-order valence-corrected chi connectivity index (χ4v) is 4.45. The van der Waals surface area contributed by atoms with Crippen molar-refractivity contribution in [3.05, 3.63) is 28.8 Å². The highest BCUT2D eigenvalue weighted by Gasteiger charge is 2.28. The zero-order valence-corrected chi connectivity index (χ0v) is 26.4. The quantitative estimate of drug-likeness (QED) is 0.0744. The van der Waals surface area contributed by atoms with Crippen molar-refractivity contribution in [3.63, 3.8) is 0 Å². The van der Waals surface area contributed by atoms with Crippen LogP contribution in [0.4, 0.5) is 0 Å². The van der Waals surface area contributed by atoms with E-state index in [0.717, 1.165) is 16.7 Å². The number of nitrogens with one attached hydrogen (secondary N) is 5. The lowest BCUT2D eigenvalue weighted by atomic mass is 9.78. The molecule has 0 saturated heterocycles. The number of aliphatic carboxylic acids is 1. The molecule has 0 unspecified atom stereocenters. The molecule has 0 saturated carbocycles. The molecule has 1 aromatic rings. The van der Waals surface area contributed by atoms with Crippen LogP contribution in [0.1, 0.15) is 90.3 Å². The number of aryl methyl sites for hydroxylation is 1. The van der Waals surface area contributed by atoms with Gasteiger partial charge in [0.2, 0.25) is 17.7 Å². The molecular weight excluding hydrogens is 554 g/mol. The third-order valence-electron chi connectivity index (χ3n) is 6.81. The maximum atomic E-state index is 13.3. The number of aromatic hydroxyl groups is 1. The van der Waals surface area contributed by atoms with Crippen LogP contribution in [0.2, 0.25) is 0 Å². The van der Waals surface area contributed by atoms with Crippen molar-refractivity contribution in [1.29, 1.82) is 5.41 Å². The first-order valence-electron chi connectivity index (χ1n) is 14.6. The largest absolute Gasteiger partial charge is 0.507 e. The van der Waals surface area contributed by atoms with Gasteiger partial charge < -0.3 is 42.9 Å². The fraction of sp³-hybridized carbons (Fsp3) is 0.633. The van der Waals surface area contributed by atoms with Gasteiger partial charge in [0.25, 0.3) is 0 Å². The smallest absolute Gasteiger partial charge is 0.322 e. The Hall–Kier alpha value is -3.87. The molecule has 0 fully saturated rings. The number of hydrogen-bond acceptors (Lipinski definition) is 7. The Bertz CT molecular complexity index is 1110. The maximum Gasteiger partial charge on any atom is 0.322 e. The number of carbonyl (C=O) groups excluding carboxylic acids is 3. The van der Waals surface area contributed by atoms with Crippen molar-refractivity contribution in [2.45, 2.75) is 103 Å². The van der Waals surface area contributed by atoms with Gasteiger partial charge in [-0.1, -0.05) is 53.7 Å². The van der Waals surface area contributed by atoms with E-state index in [1.165, 1.54) is 0 Å². The number of hydrogen-bond donors (Lipinski definition) is 9. The highest BCUT2D eigenvalue weighted by atomic mass is 16.4. The van der Waals surface area contributed by atoms with Crippen LogP contribution in [-0.2, 0) is 36.4 Å². The number of guanidine groups is 1. The zero-order chi connectivity index (χ0) is 33.0. The van der Waals surface area contributed by atoms with E-state index in [0.29, 0.717) is 25.8 Å².